The Bertz CT molecular complexity index is 1330. The Morgan fingerprint density at radius 2 is 1.88 bits per heavy atom. The second-order valence-corrected chi connectivity index (χ2v) is 8.84. The minimum atomic E-state index is -0.0688. The summed E-state index contributed by atoms with van der Waals surface area (Å²) in [5.74, 6) is 1.93. The SMILES string of the molecule is COc1cc(CN(C)C(=O)c2sc3ncnc(N(C)Cc4ccncc4OC)c3c2C)ccn1. The molecule has 9 nitrogen and oxygen atoms in total. The van der Waals surface area contributed by atoms with Crippen LogP contribution < -0.4 is 14.4 Å². The van der Waals surface area contributed by atoms with Gasteiger partial charge in [-0.1, -0.05) is 0 Å². The molecule has 0 aliphatic carbocycles. The Morgan fingerprint density at radius 3 is 2.65 bits per heavy atom. The third-order valence-corrected chi connectivity index (χ3v) is 6.72. The number of aryl methyl sites for hydroxylation is 1. The molecule has 0 saturated carbocycles. The van der Waals surface area contributed by atoms with Gasteiger partial charge in [-0.25, -0.2) is 15.0 Å². The maximum absolute atomic E-state index is 13.4. The van der Waals surface area contributed by atoms with Gasteiger partial charge in [0.2, 0.25) is 5.88 Å². The van der Waals surface area contributed by atoms with E-state index in [1.165, 1.54) is 17.7 Å². The molecule has 0 N–H and O–H groups in total. The Hall–Kier alpha value is -3.79. The van der Waals surface area contributed by atoms with Crippen molar-refractivity contribution in [2.24, 2.45) is 0 Å². The molecule has 10 heteroatoms. The Morgan fingerprint density at radius 1 is 1.06 bits per heavy atom. The Labute approximate surface area is 202 Å². The molecule has 0 aliphatic rings. The molecule has 0 aromatic carbocycles. The second-order valence-electron chi connectivity index (χ2n) is 7.84. The number of methoxy groups -OCH3 is 2. The summed E-state index contributed by atoms with van der Waals surface area (Å²) in [6.45, 7) is 2.95. The Kier molecular flexibility index (Phi) is 6.87. The summed E-state index contributed by atoms with van der Waals surface area (Å²) in [4.78, 5) is 35.7. The number of pyridine rings is 2. The topological polar surface area (TPSA) is 93.6 Å². The van der Waals surface area contributed by atoms with Crippen molar-refractivity contribution in [3.05, 3.63) is 64.7 Å². The van der Waals surface area contributed by atoms with Crippen molar-refractivity contribution in [2.45, 2.75) is 20.0 Å². The lowest BCUT2D eigenvalue weighted by Crippen LogP contribution is -2.26. The monoisotopic (exact) mass is 478 g/mol. The van der Waals surface area contributed by atoms with Crippen LogP contribution in [-0.4, -0.2) is 59.1 Å². The first-order chi connectivity index (χ1) is 16.4. The van der Waals surface area contributed by atoms with E-state index >= 15 is 0 Å². The zero-order valence-corrected chi connectivity index (χ0v) is 20.6. The minimum Gasteiger partial charge on any atom is -0.495 e. The number of aromatic nitrogens is 4. The summed E-state index contributed by atoms with van der Waals surface area (Å²) >= 11 is 1.38. The lowest BCUT2D eigenvalue weighted by molar-refractivity contribution is 0.0789. The van der Waals surface area contributed by atoms with Crippen LogP contribution in [-0.2, 0) is 13.1 Å². The van der Waals surface area contributed by atoms with E-state index < -0.39 is 0 Å². The van der Waals surface area contributed by atoms with Gasteiger partial charge >= 0.3 is 0 Å². The number of fused-ring (bicyclic) bond motifs is 1. The first kappa shape index (κ1) is 23.4. The van der Waals surface area contributed by atoms with Gasteiger partial charge in [-0.3, -0.25) is 9.78 Å². The molecule has 4 aromatic heterocycles. The van der Waals surface area contributed by atoms with E-state index in [1.54, 1.807) is 44.8 Å². The fraction of sp³-hybridized carbons (Fsp3) is 0.292. The second kappa shape index (κ2) is 10.0. The van der Waals surface area contributed by atoms with Crippen molar-refractivity contribution in [1.29, 1.82) is 0 Å². The fourth-order valence-corrected chi connectivity index (χ4v) is 4.92. The van der Waals surface area contributed by atoms with E-state index in [2.05, 4.69) is 19.9 Å². The van der Waals surface area contributed by atoms with Crippen molar-refractivity contribution in [3.63, 3.8) is 0 Å². The molecule has 0 unspecified atom stereocenters. The summed E-state index contributed by atoms with van der Waals surface area (Å²) in [6, 6.07) is 5.62. The van der Waals surface area contributed by atoms with Crippen LogP contribution in [0, 0.1) is 6.92 Å². The molecule has 0 radical (unpaired) electrons. The van der Waals surface area contributed by atoms with Gasteiger partial charge in [0.05, 0.1) is 30.7 Å². The molecular weight excluding hydrogens is 452 g/mol. The standard InChI is InChI=1S/C24H26N6O3S/c1-15-20-22(29(2)13-17-7-8-25-11-18(17)32-4)27-14-28-23(20)34-21(15)24(31)30(3)12-16-6-9-26-19(10-16)33-5/h6-11,14H,12-13H2,1-5H3. The number of hydrogen-bond acceptors (Lipinski definition) is 9. The van der Waals surface area contributed by atoms with Crippen molar-refractivity contribution < 1.29 is 14.3 Å². The lowest BCUT2D eigenvalue weighted by Gasteiger charge is -2.20. The van der Waals surface area contributed by atoms with Crippen LogP contribution in [0.1, 0.15) is 26.4 Å². The number of hydrogen-bond donors (Lipinski definition) is 0. The van der Waals surface area contributed by atoms with Gasteiger partial charge in [-0.15, -0.1) is 11.3 Å². The predicted molar refractivity (Wildman–Crippen MR) is 132 cm³/mol. The Balaban J connectivity index is 1.62. The molecule has 34 heavy (non-hydrogen) atoms. The number of carbonyl (C=O) groups is 1. The van der Waals surface area contributed by atoms with E-state index in [4.69, 9.17) is 9.47 Å². The molecule has 0 bridgehead atoms. The first-order valence-electron chi connectivity index (χ1n) is 10.6. The molecule has 0 fully saturated rings. The average molecular weight is 479 g/mol. The number of anilines is 1. The quantitative estimate of drug-likeness (QED) is 0.378. The maximum Gasteiger partial charge on any atom is 0.264 e. The van der Waals surface area contributed by atoms with Crippen LogP contribution in [0.5, 0.6) is 11.6 Å². The number of carbonyl (C=O) groups excluding carboxylic acids is 1. The summed E-state index contributed by atoms with van der Waals surface area (Å²) in [6.07, 6.45) is 6.64. The molecule has 4 aromatic rings. The molecule has 0 aliphatic heterocycles. The highest BCUT2D eigenvalue weighted by Crippen LogP contribution is 2.36. The number of rotatable bonds is 8. The van der Waals surface area contributed by atoms with E-state index in [0.717, 1.165) is 32.7 Å². The highest BCUT2D eigenvalue weighted by Gasteiger charge is 2.23. The molecule has 0 atom stereocenters. The first-order valence-corrected chi connectivity index (χ1v) is 11.4. The molecule has 4 rings (SSSR count). The van der Waals surface area contributed by atoms with Gasteiger partial charge in [-0.05, 0) is 30.2 Å². The summed E-state index contributed by atoms with van der Waals surface area (Å²) in [7, 11) is 6.95. The molecule has 176 valence electrons. The van der Waals surface area contributed by atoms with Crippen molar-refractivity contribution in [2.75, 3.05) is 33.2 Å². The summed E-state index contributed by atoms with van der Waals surface area (Å²) in [5.41, 5.74) is 2.80. The van der Waals surface area contributed by atoms with Gasteiger partial charge in [-0.2, -0.15) is 0 Å². The normalized spacial score (nSPS) is 10.9. The molecule has 1 amide bonds. The lowest BCUT2D eigenvalue weighted by atomic mass is 10.1. The van der Waals surface area contributed by atoms with E-state index in [9.17, 15) is 4.79 Å². The molecule has 4 heterocycles. The number of thiophene rings is 1. The zero-order chi connectivity index (χ0) is 24.2. The van der Waals surface area contributed by atoms with Crippen LogP contribution in [0.15, 0.2) is 43.1 Å². The fourth-order valence-electron chi connectivity index (χ4n) is 3.78. The number of ether oxygens (including phenoxy) is 2. The van der Waals surface area contributed by atoms with Crippen LogP contribution in [0.25, 0.3) is 10.2 Å². The van der Waals surface area contributed by atoms with Crippen LogP contribution in [0.4, 0.5) is 5.82 Å². The summed E-state index contributed by atoms with van der Waals surface area (Å²) in [5, 5.41) is 0.880. The smallest absolute Gasteiger partial charge is 0.264 e. The van der Waals surface area contributed by atoms with Gasteiger partial charge in [0, 0.05) is 51.2 Å². The van der Waals surface area contributed by atoms with Crippen molar-refractivity contribution in [1.82, 2.24) is 24.8 Å². The molecule has 0 spiro atoms. The van der Waals surface area contributed by atoms with Crippen LogP contribution in [0.2, 0.25) is 0 Å². The van der Waals surface area contributed by atoms with Crippen LogP contribution >= 0.6 is 11.3 Å². The van der Waals surface area contributed by atoms with Gasteiger partial charge in [0.15, 0.2) is 0 Å². The van der Waals surface area contributed by atoms with E-state index in [1.807, 2.05) is 37.1 Å². The van der Waals surface area contributed by atoms with Gasteiger partial charge < -0.3 is 19.3 Å². The molecule has 0 saturated heterocycles. The van der Waals surface area contributed by atoms with E-state index in [0.29, 0.717) is 29.6 Å². The highest BCUT2D eigenvalue weighted by molar-refractivity contribution is 7.20. The largest absolute Gasteiger partial charge is 0.495 e. The minimum absolute atomic E-state index is 0.0688. The number of amides is 1. The zero-order valence-electron chi connectivity index (χ0n) is 19.8. The van der Waals surface area contributed by atoms with Crippen molar-refractivity contribution in [3.8, 4) is 11.6 Å². The predicted octanol–water partition coefficient (Wildman–Crippen LogP) is 3.72. The van der Waals surface area contributed by atoms with E-state index in [-0.39, 0.29) is 5.91 Å². The highest BCUT2D eigenvalue weighted by atomic mass is 32.1. The number of nitrogens with zero attached hydrogens (tertiary/aromatic N) is 6. The summed E-state index contributed by atoms with van der Waals surface area (Å²) < 4.78 is 10.6. The van der Waals surface area contributed by atoms with Gasteiger partial charge in [0.25, 0.3) is 5.91 Å². The third kappa shape index (κ3) is 4.62. The maximum atomic E-state index is 13.4. The van der Waals surface area contributed by atoms with Crippen molar-refractivity contribution >= 4 is 33.3 Å². The molecular formula is C24H26N6O3S. The van der Waals surface area contributed by atoms with Crippen LogP contribution in [0.3, 0.4) is 0 Å². The average Bonchev–Trinajstić information content (AvgIpc) is 3.20. The van der Waals surface area contributed by atoms with Gasteiger partial charge in [0.1, 0.15) is 22.7 Å². The third-order valence-electron chi connectivity index (χ3n) is 5.53.